The molecule has 0 N–H and O–H groups in total. The molecule has 2 aromatic heterocycles. The molecule has 4 nitrogen and oxygen atoms in total. The van der Waals surface area contributed by atoms with Gasteiger partial charge in [0, 0.05) is 23.8 Å². The molecular formula is C17H20N2O2S. The molecule has 0 bridgehead atoms. The van der Waals surface area contributed by atoms with E-state index in [9.17, 15) is 4.79 Å². The SMILES string of the molecule is C[C@H]1CCN(C(=O)CSc2ccncc2)[C@H](c2ccco2)C1. The van der Waals surface area contributed by atoms with Crippen molar-refractivity contribution in [3.8, 4) is 0 Å². The van der Waals surface area contributed by atoms with Gasteiger partial charge in [-0.15, -0.1) is 11.8 Å². The van der Waals surface area contributed by atoms with Crippen LogP contribution >= 0.6 is 11.8 Å². The fourth-order valence-electron chi connectivity index (χ4n) is 2.85. The molecular weight excluding hydrogens is 296 g/mol. The van der Waals surface area contributed by atoms with E-state index in [2.05, 4.69) is 11.9 Å². The third-order valence-corrected chi connectivity index (χ3v) is 5.07. The van der Waals surface area contributed by atoms with Gasteiger partial charge < -0.3 is 9.32 Å². The lowest BCUT2D eigenvalue weighted by atomic mass is 9.91. The Morgan fingerprint density at radius 3 is 2.95 bits per heavy atom. The highest BCUT2D eigenvalue weighted by Gasteiger charge is 2.32. The maximum Gasteiger partial charge on any atom is 0.233 e. The van der Waals surface area contributed by atoms with E-state index in [1.54, 1.807) is 30.4 Å². The van der Waals surface area contributed by atoms with Crippen LogP contribution < -0.4 is 0 Å². The van der Waals surface area contributed by atoms with Gasteiger partial charge in [-0.1, -0.05) is 6.92 Å². The lowest BCUT2D eigenvalue weighted by Gasteiger charge is -2.37. The lowest BCUT2D eigenvalue weighted by molar-refractivity contribution is -0.133. The molecule has 0 spiro atoms. The summed E-state index contributed by atoms with van der Waals surface area (Å²) in [5.74, 6) is 2.14. The Morgan fingerprint density at radius 1 is 1.41 bits per heavy atom. The highest BCUT2D eigenvalue weighted by Crippen LogP contribution is 2.35. The minimum absolute atomic E-state index is 0.0734. The number of thioether (sulfide) groups is 1. The Kier molecular flexibility index (Phi) is 4.83. The second-order valence-corrected chi connectivity index (χ2v) is 6.77. The highest BCUT2D eigenvalue weighted by atomic mass is 32.2. The monoisotopic (exact) mass is 316 g/mol. The smallest absolute Gasteiger partial charge is 0.233 e. The number of hydrogen-bond acceptors (Lipinski definition) is 4. The van der Waals surface area contributed by atoms with E-state index in [1.807, 2.05) is 29.2 Å². The summed E-state index contributed by atoms with van der Waals surface area (Å²) in [6, 6.07) is 7.80. The maximum absolute atomic E-state index is 12.6. The summed E-state index contributed by atoms with van der Waals surface area (Å²) in [7, 11) is 0. The van der Waals surface area contributed by atoms with Crippen molar-refractivity contribution in [2.45, 2.75) is 30.7 Å². The summed E-state index contributed by atoms with van der Waals surface area (Å²) in [6.45, 7) is 3.05. The second-order valence-electron chi connectivity index (χ2n) is 5.72. The molecule has 0 saturated carbocycles. The minimum atomic E-state index is 0.0734. The van der Waals surface area contributed by atoms with Gasteiger partial charge >= 0.3 is 0 Å². The van der Waals surface area contributed by atoms with E-state index >= 15 is 0 Å². The molecule has 5 heteroatoms. The van der Waals surface area contributed by atoms with E-state index in [0.717, 1.165) is 30.0 Å². The molecule has 116 valence electrons. The fourth-order valence-corrected chi connectivity index (χ4v) is 3.62. The van der Waals surface area contributed by atoms with E-state index in [4.69, 9.17) is 4.42 Å². The molecule has 0 aromatic carbocycles. The Bertz CT molecular complexity index is 600. The van der Waals surface area contributed by atoms with Gasteiger partial charge in [0.25, 0.3) is 0 Å². The molecule has 3 rings (SSSR count). The summed E-state index contributed by atoms with van der Waals surface area (Å²) in [4.78, 5) is 19.7. The van der Waals surface area contributed by atoms with Crippen LogP contribution in [0.5, 0.6) is 0 Å². The van der Waals surface area contributed by atoms with Crippen molar-refractivity contribution in [3.05, 3.63) is 48.7 Å². The van der Waals surface area contributed by atoms with E-state index in [1.165, 1.54) is 0 Å². The lowest BCUT2D eigenvalue weighted by Crippen LogP contribution is -2.41. The summed E-state index contributed by atoms with van der Waals surface area (Å²) in [5.41, 5.74) is 0. The van der Waals surface area contributed by atoms with E-state index in [-0.39, 0.29) is 11.9 Å². The van der Waals surface area contributed by atoms with Gasteiger partial charge in [0.2, 0.25) is 5.91 Å². The average molecular weight is 316 g/mol. The molecule has 22 heavy (non-hydrogen) atoms. The first-order valence-corrected chi connectivity index (χ1v) is 8.58. The van der Waals surface area contributed by atoms with Crippen LogP contribution in [0.25, 0.3) is 0 Å². The molecule has 0 radical (unpaired) electrons. The van der Waals surface area contributed by atoms with Crippen LogP contribution in [0.4, 0.5) is 0 Å². The predicted molar refractivity (Wildman–Crippen MR) is 86.5 cm³/mol. The van der Waals surface area contributed by atoms with Crippen LogP contribution in [0.15, 0.2) is 52.2 Å². The molecule has 1 aliphatic heterocycles. The fraction of sp³-hybridized carbons (Fsp3) is 0.412. The number of hydrogen-bond donors (Lipinski definition) is 0. The van der Waals surface area contributed by atoms with E-state index in [0.29, 0.717) is 11.7 Å². The average Bonchev–Trinajstić information content (AvgIpc) is 3.08. The molecule has 2 atom stereocenters. The number of nitrogens with zero attached hydrogens (tertiary/aromatic N) is 2. The first kappa shape index (κ1) is 15.2. The first-order valence-electron chi connectivity index (χ1n) is 7.59. The Morgan fingerprint density at radius 2 is 2.23 bits per heavy atom. The largest absolute Gasteiger partial charge is 0.467 e. The first-order chi connectivity index (χ1) is 10.7. The van der Waals surface area contributed by atoms with Gasteiger partial charge in [-0.05, 0) is 43.0 Å². The zero-order valence-corrected chi connectivity index (χ0v) is 13.5. The van der Waals surface area contributed by atoms with Crippen molar-refractivity contribution in [3.63, 3.8) is 0 Å². The third-order valence-electron chi connectivity index (χ3n) is 4.07. The van der Waals surface area contributed by atoms with Crippen LogP contribution in [0.3, 0.4) is 0 Å². The Hall–Kier alpha value is -1.75. The minimum Gasteiger partial charge on any atom is -0.467 e. The van der Waals surface area contributed by atoms with Gasteiger partial charge in [-0.25, -0.2) is 0 Å². The summed E-state index contributed by atoms with van der Waals surface area (Å²) >= 11 is 1.56. The Balaban J connectivity index is 1.67. The predicted octanol–water partition coefficient (Wildman–Crippen LogP) is 3.77. The van der Waals surface area contributed by atoms with Crippen LogP contribution in [0.2, 0.25) is 0 Å². The molecule has 2 aromatic rings. The number of carbonyl (C=O) groups excluding carboxylic acids is 1. The number of pyridine rings is 1. The van der Waals surface area contributed by atoms with Gasteiger partial charge in [0.15, 0.2) is 0 Å². The van der Waals surface area contributed by atoms with Crippen LogP contribution in [0, 0.1) is 5.92 Å². The van der Waals surface area contributed by atoms with Crippen molar-refractivity contribution in [2.24, 2.45) is 5.92 Å². The number of carbonyl (C=O) groups is 1. The molecule has 3 heterocycles. The van der Waals surface area contributed by atoms with Gasteiger partial charge in [0.1, 0.15) is 5.76 Å². The number of amides is 1. The topological polar surface area (TPSA) is 46.3 Å². The zero-order valence-electron chi connectivity index (χ0n) is 12.6. The molecule has 1 saturated heterocycles. The van der Waals surface area contributed by atoms with Crippen LogP contribution in [0.1, 0.15) is 31.6 Å². The molecule has 0 unspecified atom stereocenters. The number of furan rings is 1. The summed E-state index contributed by atoms with van der Waals surface area (Å²) in [5, 5.41) is 0. The van der Waals surface area contributed by atoms with Crippen LogP contribution in [-0.4, -0.2) is 28.1 Å². The van der Waals surface area contributed by atoms with Gasteiger partial charge in [0.05, 0.1) is 18.1 Å². The molecule has 1 aliphatic rings. The molecule has 1 fully saturated rings. The molecule has 1 amide bonds. The maximum atomic E-state index is 12.6. The second kappa shape index (κ2) is 7.01. The Labute approximate surface area is 134 Å². The standard InChI is InChI=1S/C17H20N2O2S/c1-13-6-9-19(15(11-13)16-3-2-10-21-16)17(20)12-22-14-4-7-18-8-5-14/h2-5,7-8,10,13,15H,6,9,11-12H2,1H3/t13-,15-/m0/s1. The highest BCUT2D eigenvalue weighted by molar-refractivity contribution is 8.00. The zero-order chi connectivity index (χ0) is 15.4. The van der Waals surface area contributed by atoms with Crippen molar-refractivity contribution >= 4 is 17.7 Å². The normalized spacial score (nSPS) is 21.8. The number of rotatable bonds is 4. The summed E-state index contributed by atoms with van der Waals surface area (Å²) < 4.78 is 5.56. The number of aromatic nitrogens is 1. The number of piperidine rings is 1. The number of likely N-dealkylation sites (tertiary alicyclic amines) is 1. The van der Waals surface area contributed by atoms with Crippen LogP contribution in [-0.2, 0) is 4.79 Å². The third kappa shape index (κ3) is 3.53. The van der Waals surface area contributed by atoms with E-state index < -0.39 is 0 Å². The van der Waals surface area contributed by atoms with Gasteiger partial charge in [-0.3, -0.25) is 9.78 Å². The quantitative estimate of drug-likeness (QED) is 0.806. The van der Waals surface area contributed by atoms with Gasteiger partial charge in [-0.2, -0.15) is 0 Å². The van der Waals surface area contributed by atoms with Crippen molar-refractivity contribution in [1.29, 1.82) is 0 Å². The molecule has 0 aliphatic carbocycles. The van der Waals surface area contributed by atoms with Crippen molar-refractivity contribution in [2.75, 3.05) is 12.3 Å². The van der Waals surface area contributed by atoms with Crippen molar-refractivity contribution in [1.82, 2.24) is 9.88 Å². The van der Waals surface area contributed by atoms with Crippen molar-refractivity contribution < 1.29 is 9.21 Å². The summed E-state index contributed by atoms with van der Waals surface area (Å²) in [6.07, 6.45) is 7.22.